The van der Waals surface area contributed by atoms with Crippen LogP contribution in [0.3, 0.4) is 0 Å². The van der Waals surface area contributed by atoms with Crippen LogP contribution >= 0.6 is 21.6 Å². The summed E-state index contributed by atoms with van der Waals surface area (Å²) < 4.78 is 1.09. The van der Waals surface area contributed by atoms with E-state index in [0.717, 1.165) is 10.7 Å². The summed E-state index contributed by atoms with van der Waals surface area (Å²) in [4.78, 5) is 10.5. The molecule has 2 rings (SSSR count). The lowest BCUT2D eigenvalue weighted by Crippen LogP contribution is -2.33. The number of carbonyl (C=O) groups is 1. The maximum Gasteiger partial charge on any atom is 0.304 e. The molecule has 0 saturated heterocycles. The molecule has 1 aliphatic heterocycles. The molecular formula is C12H14N2O5S2. The second-order valence-corrected chi connectivity index (χ2v) is 6.52. The number of carboxylic acids is 1. The molecule has 0 spiro atoms. The van der Waals surface area contributed by atoms with Gasteiger partial charge in [0.05, 0.1) is 13.0 Å². The van der Waals surface area contributed by atoms with Crippen molar-refractivity contribution in [3.63, 3.8) is 0 Å². The van der Waals surface area contributed by atoms with Gasteiger partial charge in [-0.3, -0.25) is 9.80 Å². The highest BCUT2D eigenvalue weighted by Gasteiger charge is 2.22. The van der Waals surface area contributed by atoms with E-state index in [0.29, 0.717) is 17.3 Å². The second kappa shape index (κ2) is 6.72. The first-order valence-electron chi connectivity index (χ1n) is 5.99. The Kier molecular flexibility index (Phi) is 4.97. The van der Waals surface area contributed by atoms with Gasteiger partial charge in [-0.05, 0) is 16.9 Å². The number of carboxylic acid groups (broad SMARTS) is 1. The second-order valence-electron chi connectivity index (χ2n) is 4.09. The zero-order valence-electron chi connectivity index (χ0n) is 10.8. The molecule has 9 heteroatoms. The molecule has 1 aromatic rings. The number of aromatic hydroxyl groups is 3. The van der Waals surface area contributed by atoms with Crippen LogP contribution in [0.2, 0.25) is 0 Å². The van der Waals surface area contributed by atoms with Gasteiger partial charge in [0, 0.05) is 11.8 Å². The Morgan fingerprint density at radius 1 is 1.33 bits per heavy atom. The van der Waals surface area contributed by atoms with Gasteiger partial charge in [-0.2, -0.15) is 4.68 Å². The van der Waals surface area contributed by atoms with Crippen molar-refractivity contribution in [1.29, 1.82) is 0 Å². The first kappa shape index (κ1) is 15.5. The van der Waals surface area contributed by atoms with Crippen LogP contribution in [-0.4, -0.2) is 43.4 Å². The van der Waals surface area contributed by atoms with Crippen molar-refractivity contribution in [3.05, 3.63) is 29.3 Å². The molecule has 0 radical (unpaired) electrons. The highest BCUT2D eigenvalue weighted by atomic mass is 33.1. The fraction of sp³-hybridized carbons (Fsp3) is 0.250. The van der Waals surface area contributed by atoms with E-state index >= 15 is 0 Å². The van der Waals surface area contributed by atoms with Crippen molar-refractivity contribution in [1.82, 2.24) is 4.68 Å². The van der Waals surface area contributed by atoms with E-state index in [9.17, 15) is 20.1 Å². The number of rotatable bonds is 6. The number of aliphatic carboxylic acids is 1. The van der Waals surface area contributed by atoms with Gasteiger partial charge in [-0.1, -0.05) is 22.9 Å². The normalized spacial score (nSPS) is 14.3. The zero-order valence-corrected chi connectivity index (χ0v) is 12.5. The van der Waals surface area contributed by atoms with Crippen molar-refractivity contribution in [3.8, 4) is 17.5 Å². The van der Waals surface area contributed by atoms with Crippen molar-refractivity contribution in [2.75, 3.05) is 17.3 Å². The predicted octanol–water partition coefficient (Wildman–Crippen LogP) is 1.81. The molecular weight excluding hydrogens is 316 g/mol. The third kappa shape index (κ3) is 3.61. The Bertz CT molecular complexity index is 597. The molecule has 7 nitrogen and oxygen atoms in total. The van der Waals surface area contributed by atoms with Crippen LogP contribution in [0.25, 0.3) is 0 Å². The summed E-state index contributed by atoms with van der Waals surface area (Å²) in [6, 6.07) is 1.05. The summed E-state index contributed by atoms with van der Waals surface area (Å²) in [6.45, 7) is 0.396. The summed E-state index contributed by atoms with van der Waals surface area (Å²) in [7, 11) is 2.69. The van der Waals surface area contributed by atoms with Gasteiger partial charge in [0.1, 0.15) is 5.03 Å². The Labute approximate surface area is 128 Å². The molecule has 21 heavy (non-hydrogen) atoms. The molecule has 2 heterocycles. The molecule has 1 aromatic heterocycles. The van der Waals surface area contributed by atoms with Crippen molar-refractivity contribution in [2.45, 2.75) is 6.42 Å². The highest BCUT2D eigenvalue weighted by molar-refractivity contribution is 8.78. The fourth-order valence-corrected chi connectivity index (χ4v) is 3.80. The first-order valence-corrected chi connectivity index (χ1v) is 8.31. The Balaban J connectivity index is 2.09. The summed E-state index contributed by atoms with van der Waals surface area (Å²) in [5, 5.41) is 39.9. The molecule has 0 aliphatic carbocycles. The highest BCUT2D eigenvalue weighted by Crippen LogP contribution is 2.39. The topological polar surface area (TPSA) is 106 Å². The van der Waals surface area contributed by atoms with Crippen molar-refractivity contribution >= 4 is 27.6 Å². The number of allylic oxidation sites excluding steroid dienone is 2. The van der Waals surface area contributed by atoms with Gasteiger partial charge in [0.2, 0.25) is 5.88 Å². The van der Waals surface area contributed by atoms with Gasteiger partial charge in [0.25, 0.3) is 5.88 Å². The number of aromatic nitrogens is 1. The van der Waals surface area contributed by atoms with Crippen LogP contribution in [0.5, 0.6) is 17.5 Å². The molecule has 0 aromatic carbocycles. The fourth-order valence-electron chi connectivity index (χ4n) is 1.67. The third-order valence-electron chi connectivity index (χ3n) is 2.61. The van der Waals surface area contributed by atoms with Crippen molar-refractivity contribution in [2.24, 2.45) is 0 Å². The standard InChI is InChI=1S/C12H14N2O5S2/c15-8-7-9(16)14(12(8)19)13-5-2-1-3-10(13)21-20-6-4-11(17)18/h1-3,7,15-16,19H,4-6H2,(H,17,18). The smallest absolute Gasteiger partial charge is 0.304 e. The summed E-state index contributed by atoms with van der Waals surface area (Å²) in [6.07, 6.45) is 5.48. The van der Waals surface area contributed by atoms with E-state index < -0.39 is 17.6 Å². The maximum absolute atomic E-state index is 10.5. The lowest BCUT2D eigenvalue weighted by atomic mass is 10.4. The van der Waals surface area contributed by atoms with E-state index in [1.165, 1.54) is 21.6 Å². The van der Waals surface area contributed by atoms with Gasteiger partial charge in [0.15, 0.2) is 5.75 Å². The SMILES string of the molecule is O=C(O)CCSSC1=CC=CCN1n1c(O)cc(O)c1O. The van der Waals surface area contributed by atoms with Gasteiger partial charge < -0.3 is 20.4 Å². The average molecular weight is 330 g/mol. The van der Waals surface area contributed by atoms with Gasteiger partial charge in [-0.25, -0.2) is 0 Å². The van der Waals surface area contributed by atoms with E-state index in [1.807, 2.05) is 12.2 Å². The molecule has 0 fully saturated rings. The monoisotopic (exact) mass is 330 g/mol. The summed E-state index contributed by atoms with van der Waals surface area (Å²) in [5.74, 6) is -1.58. The zero-order chi connectivity index (χ0) is 15.4. The minimum absolute atomic E-state index is 0.0571. The van der Waals surface area contributed by atoms with Crippen LogP contribution < -0.4 is 5.01 Å². The Morgan fingerprint density at radius 2 is 2.10 bits per heavy atom. The average Bonchev–Trinajstić information content (AvgIpc) is 2.69. The lowest BCUT2D eigenvalue weighted by molar-refractivity contribution is -0.136. The first-order chi connectivity index (χ1) is 10.0. The number of nitrogens with zero attached hydrogens (tertiary/aromatic N) is 2. The van der Waals surface area contributed by atoms with E-state index in [2.05, 4.69) is 0 Å². The molecule has 0 bridgehead atoms. The van der Waals surface area contributed by atoms with Crippen LogP contribution in [0, 0.1) is 0 Å². The van der Waals surface area contributed by atoms with Gasteiger partial charge >= 0.3 is 5.97 Å². The Morgan fingerprint density at radius 3 is 2.71 bits per heavy atom. The minimum Gasteiger partial charge on any atom is -0.503 e. The lowest BCUT2D eigenvalue weighted by Gasteiger charge is -2.28. The van der Waals surface area contributed by atoms with Crippen LogP contribution in [0.15, 0.2) is 29.3 Å². The molecule has 114 valence electrons. The molecule has 1 aliphatic rings. The van der Waals surface area contributed by atoms with Gasteiger partial charge in [-0.15, -0.1) is 0 Å². The molecule has 0 saturated carbocycles. The molecule has 0 amide bonds. The molecule has 0 unspecified atom stereocenters. The number of hydrogen-bond donors (Lipinski definition) is 4. The predicted molar refractivity (Wildman–Crippen MR) is 82.0 cm³/mol. The van der Waals surface area contributed by atoms with E-state index in [1.54, 1.807) is 11.1 Å². The summed E-state index contributed by atoms with van der Waals surface area (Å²) >= 11 is 0. The molecule has 4 N–H and O–H groups in total. The van der Waals surface area contributed by atoms with Crippen molar-refractivity contribution < 1.29 is 25.2 Å². The minimum atomic E-state index is -0.858. The quantitative estimate of drug-likeness (QED) is 0.462. The maximum atomic E-state index is 10.5. The van der Waals surface area contributed by atoms with Crippen LogP contribution in [-0.2, 0) is 4.79 Å². The van der Waals surface area contributed by atoms with E-state index in [-0.39, 0.29) is 12.3 Å². The number of hydrogen-bond acceptors (Lipinski definition) is 7. The summed E-state index contributed by atoms with van der Waals surface area (Å²) in [5.41, 5.74) is 0. The Hall–Kier alpha value is -1.87. The van der Waals surface area contributed by atoms with Crippen LogP contribution in [0.4, 0.5) is 0 Å². The van der Waals surface area contributed by atoms with E-state index in [4.69, 9.17) is 5.11 Å². The third-order valence-corrected chi connectivity index (χ3v) is 4.98. The molecule has 0 atom stereocenters. The largest absolute Gasteiger partial charge is 0.503 e. The van der Waals surface area contributed by atoms with Crippen LogP contribution in [0.1, 0.15) is 6.42 Å².